The molecule has 1 fully saturated rings. The lowest BCUT2D eigenvalue weighted by Gasteiger charge is -2.19. The number of nitrogens with zero attached hydrogens (tertiary/aromatic N) is 4. The van der Waals surface area contributed by atoms with Crippen molar-refractivity contribution in [1.29, 1.82) is 5.41 Å². The first-order valence-electron chi connectivity index (χ1n) is 13.9. The molecule has 6 rings (SSSR count). The van der Waals surface area contributed by atoms with Gasteiger partial charge in [0.1, 0.15) is 12.1 Å². The number of hydrogen-bond donors (Lipinski definition) is 1. The zero-order chi connectivity index (χ0) is 27.1. The lowest BCUT2D eigenvalue weighted by Crippen LogP contribution is -2.22. The molecule has 2 heterocycles. The van der Waals surface area contributed by atoms with Gasteiger partial charge >= 0.3 is 0 Å². The van der Waals surface area contributed by atoms with Crippen molar-refractivity contribution < 1.29 is 9.18 Å². The maximum absolute atomic E-state index is 14.0. The van der Waals surface area contributed by atoms with Gasteiger partial charge in [0.15, 0.2) is 5.78 Å². The van der Waals surface area contributed by atoms with Crippen LogP contribution in [0.1, 0.15) is 76.3 Å². The Bertz CT molecular complexity index is 1610. The van der Waals surface area contributed by atoms with E-state index in [2.05, 4.69) is 11.1 Å². The van der Waals surface area contributed by atoms with Crippen LogP contribution in [0.25, 0.3) is 11.3 Å². The molecule has 1 atom stereocenters. The maximum atomic E-state index is 14.0. The number of fused-ring (bicyclic) bond motifs is 1. The Balaban J connectivity index is 1.39. The molecule has 1 saturated carbocycles. The minimum atomic E-state index is -0.211. The zero-order valence-electron chi connectivity index (χ0n) is 22.6. The summed E-state index contributed by atoms with van der Waals surface area (Å²) in [6.45, 7) is 2.27. The smallest absolute Gasteiger partial charge is 0.202 e. The van der Waals surface area contributed by atoms with E-state index in [9.17, 15) is 9.18 Å². The first-order valence-corrected chi connectivity index (χ1v) is 13.9. The highest BCUT2D eigenvalue weighted by atomic mass is 19.1. The van der Waals surface area contributed by atoms with Gasteiger partial charge in [-0.3, -0.25) is 10.2 Å². The fourth-order valence-corrected chi connectivity index (χ4v) is 5.97. The van der Waals surface area contributed by atoms with E-state index >= 15 is 0 Å². The van der Waals surface area contributed by atoms with Crippen LogP contribution >= 0.6 is 0 Å². The fraction of sp³-hybridized carbons (Fsp3) is 0.375. The minimum absolute atomic E-state index is 0.0825. The minimum Gasteiger partial charge on any atom is -0.321 e. The summed E-state index contributed by atoms with van der Waals surface area (Å²) in [4.78, 5) is 23.1. The molecule has 2 aliphatic rings. The van der Waals surface area contributed by atoms with E-state index in [1.165, 1.54) is 11.6 Å². The topological polar surface area (TPSA) is 76.6 Å². The summed E-state index contributed by atoms with van der Waals surface area (Å²) in [6.07, 6.45) is 12.1. The lowest BCUT2D eigenvalue weighted by atomic mass is 9.86. The Labute approximate surface area is 228 Å². The lowest BCUT2D eigenvalue weighted by molar-refractivity contribution is 0.0970. The number of nitrogens with one attached hydrogen (secondary N) is 1. The van der Waals surface area contributed by atoms with Crippen LogP contribution in [-0.4, -0.2) is 24.9 Å². The van der Waals surface area contributed by atoms with Gasteiger partial charge in [0.2, 0.25) is 5.62 Å². The van der Waals surface area contributed by atoms with Crippen LogP contribution in [0, 0.1) is 24.1 Å². The van der Waals surface area contributed by atoms with Gasteiger partial charge in [-0.1, -0.05) is 12.1 Å². The van der Waals surface area contributed by atoms with Gasteiger partial charge in [-0.15, -0.1) is 0 Å². The molecule has 4 aromatic rings. The van der Waals surface area contributed by atoms with Gasteiger partial charge in [-0.2, -0.15) is 0 Å². The Kier molecular flexibility index (Phi) is 6.75. The third-order valence-corrected chi connectivity index (χ3v) is 8.35. The highest BCUT2D eigenvalue weighted by Crippen LogP contribution is 2.45. The van der Waals surface area contributed by atoms with Crippen LogP contribution < -0.4 is 5.62 Å². The van der Waals surface area contributed by atoms with Crippen molar-refractivity contribution in [3.05, 3.63) is 100 Å². The molecular formula is C32H34FN5O. The van der Waals surface area contributed by atoms with Crippen molar-refractivity contribution in [2.45, 2.75) is 64.3 Å². The number of imidazole rings is 1. The molecule has 0 saturated heterocycles. The van der Waals surface area contributed by atoms with Crippen LogP contribution in [0.3, 0.4) is 0 Å². The summed E-state index contributed by atoms with van der Waals surface area (Å²) in [6, 6.07) is 11.3. The highest BCUT2D eigenvalue weighted by Gasteiger charge is 2.34. The number of carbonyl (C=O) groups excluding carboxylic acids is 1. The van der Waals surface area contributed by atoms with Gasteiger partial charge in [-0.05, 0) is 104 Å². The molecule has 2 aromatic carbocycles. The van der Waals surface area contributed by atoms with Crippen molar-refractivity contribution in [3.63, 3.8) is 0 Å². The first-order chi connectivity index (χ1) is 18.9. The standard InChI is InChI=1S/C32H34FN5O/c1-20-13-23(9-10-28(20)33)27(22-7-8-22)17-30(39)24-14-21(18-38-12-11-37(2)32(38)34)15-25(16-24)31-26-5-3-4-6-29(26)35-19-36-31/h9-16,19,22,27,34H,3-8,17-18H2,1-2H3/t27-/m0/s1. The molecule has 1 N–H and O–H groups in total. The van der Waals surface area contributed by atoms with Gasteiger partial charge in [-0.25, -0.2) is 14.4 Å². The molecule has 7 heteroatoms. The van der Waals surface area contributed by atoms with E-state index in [1.54, 1.807) is 17.8 Å². The third-order valence-electron chi connectivity index (χ3n) is 8.35. The monoisotopic (exact) mass is 523 g/mol. The average Bonchev–Trinajstić information content (AvgIpc) is 3.75. The summed E-state index contributed by atoms with van der Waals surface area (Å²) in [5.74, 6) is 0.418. The molecule has 200 valence electrons. The number of ketones is 1. The molecular weight excluding hydrogens is 489 g/mol. The third kappa shape index (κ3) is 5.22. The maximum Gasteiger partial charge on any atom is 0.202 e. The number of aryl methyl sites for hydroxylation is 3. The predicted molar refractivity (Wildman–Crippen MR) is 148 cm³/mol. The van der Waals surface area contributed by atoms with E-state index in [0.29, 0.717) is 35.6 Å². The molecule has 0 radical (unpaired) electrons. The van der Waals surface area contributed by atoms with Gasteiger partial charge in [0.05, 0.1) is 12.2 Å². The van der Waals surface area contributed by atoms with Crippen molar-refractivity contribution in [3.8, 4) is 11.3 Å². The number of rotatable bonds is 8. The summed E-state index contributed by atoms with van der Waals surface area (Å²) < 4.78 is 17.6. The van der Waals surface area contributed by atoms with E-state index in [0.717, 1.165) is 66.6 Å². The normalized spacial score (nSPS) is 15.7. The Morgan fingerprint density at radius 1 is 1.10 bits per heavy atom. The molecule has 0 amide bonds. The van der Waals surface area contributed by atoms with E-state index in [-0.39, 0.29) is 17.5 Å². The molecule has 2 aromatic heterocycles. The predicted octanol–water partition coefficient (Wildman–Crippen LogP) is 5.90. The summed E-state index contributed by atoms with van der Waals surface area (Å²) in [5.41, 5.74) is 7.82. The van der Waals surface area contributed by atoms with Crippen molar-refractivity contribution in [1.82, 2.24) is 19.1 Å². The number of halogens is 1. The second kappa shape index (κ2) is 10.4. The van der Waals surface area contributed by atoms with E-state index in [1.807, 2.05) is 48.3 Å². The SMILES string of the molecule is Cc1cc([C@@H](CC(=O)c2cc(Cn3ccn(C)c3=N)cc(-c3ncnc4c3CCCC4)c2)C2CC2)ccc1F. The molecule has 0 spiro atoms. The number of hydrogen-bond acceptors (Lipinski definition) is 4. The Hall–Kier alpha value is -3.87. The van der Waals surface area contributed by atoms with Crippen molar-refractivity contribution in [2.24, 2.45) is 13.0 Å². The fourth-order valence-electron chi connectivity index (χ4n) is 5.97. The second-order valence-electron chi connectivity index (χ2n) is 11.2. The quantitative estimate of drug-likeness (QED) is 0.292. The van der Waals surface area contributed by atoms with Crippen LogP contribution in [0.4, 0.5) is 4.39 Å². The average molecular weight is 524 g/mol. The molecule has 0 aliphatic heterocycles. The second-order valence-corrected chi connectivity index (χ2v) is 11.2. The Morgan fingerprint density at radius 3 is 2.67 bits per heavy atom. The summed E-state index contributed by atoms with van der Waals surface area (Å²) in [7, 11) is 1.85. The summed E-state index contributed by atoms with van der Waals surface area (Å²) in [5, 5.41) is 8.39. The number of carbonyl (C=O) groups is 1. The van der Waals surface area contributed by atoms with Crippen molar-refractivity contribution >= 4 is 5.78 Å². The van der Waals surface area contributed by atoms with Gasteiger partial charge in [0, 0.05) is 42.7 Å². The zero-order valence-corrected chi connectivity index (χ0v) is 22.6. The highest BCUT2D eigenvalue weighted by molar-refractivity contribution is 5.98. The first kappa shape index (κ1) is 25.4. The van der Waals surface area contributed by atoms with Crippen LogP contribution in [0.15, 0.2) is 55.1 Å². The molecule has 0 unspecified atom stereocenters. The number of Topliss-reactive ketones (excluding diaryl/α,β-unsaturated/α-hetero) is 1. The van der Waals surface area contributed by atoms with Crippen LogP contribution in [0.2, 0.25) is 0 Å². The van der Waals surface area contributed by atoms with Crippen molar-refractivity contribution in [2.75, 3.05) is 0 Å². The van der Waals surface area contributed by atoms with Gasteiger partial charge in [0.25, 0.3) is 0 Å². The molecule has 2 aliphatic carbocycles. The van der Waals surface area contributed by atoms with E-state index < -0.39 is 0 Å². The largest absolute Gasteiger partial charge is 0.321 e. The summed E-state index contributed by atoms with van der Waals surface area (Å²) >= 11 is 0. The van der Waals surface area contributed by atoms with Crippen LogP contribution in [-0.2, 0) is 26.4 Å². The number of benzene rings is 2. The van der Waals surface area contributed by atoms with Crippen LogP contribution in [0.5, 0.6) is 0 Å². The molecule has 39 heavy (non-hydrogen) atoms. The molecule has 0 bridgehead atoms. The van der Waals surface area contributed by atoms with Gasteiger partial charge < -0.3 is 9.13 Å². The number of aromatic nitrogens is 4. The Morgan fingerprint density at radius 2 is 1.92 bits per heavy atom. The van der Waals surface area contributed by atoms with E-state index in [4.69, 9.17) is 10.4 Å². The molecule has 6 nitrogen and oxygen atoms in total.